The molecule has 3 rings (SSSR count). The number of nitrogens with zero attached hydrogens (tertiary/aromatic N) is 5. The highest BCUT2D eigenvalue weighted by Crippen LogP contribution is 2.24. The molecule has 0 saturated carbocycles. The first-order valence-corrected chi connectivity index (χ1v) is 9.05. The van der Waals surface area contributed by atoms with Crippen molar-refractivity contribution in [3.63, 3.8) is 0 Å². The molecule has 2 aromatic rings. The van der Waals surface area contributed by atoms with Crippen LogP contribution >= 0.6 is 11.6 Å². The number of piperidine rings is 1. The van der Waals surface area contributed by atoms with Gasteiger partial charge in [-0.1, -0.05) is 11.6 Å². The van der Waals surface area contributed by atoms with Crippen molar-refractivity contribution in [2.75, 3.05) is 24.5 Å². The fourth-order valence-electron chi connectivity index (χ4n) is 3.12. The maximum absolute atomic E-state index is 12.3. The number of carbonyl (C=O) groups is 1. The lowest BCUT2D eigenvalue weighted by Gasteiger charge is -2.32. The highest BCUT2D eigenvalue weighted by molar-refractivity contribution is 6.34. The van der Waals surface area contributed by atoms with Crippen molar-refractivity contribution in [2.24, 2.45) is 5.92 Å². The smallest absolute Gasteiger partial charge is 0.270 e. The minimum Gasteiger partial charge on any atom is -0.354 e. The SMILES string of the molecule is N#Cc1nccnc1N1CCC(CNC(=O)c2ccc([N+](=O)[O-])cc2Cl)CC1. The molecule has 0 bridgehead atoms. The second kappa shape index (κ2) is 8.63. The van der Waals surface area contributed by atoms with Gasteiger partial charge in [0.1, 0.15) is 6.07 Å². The quantitative estimate of drug-likeness (QED) is 0.603. The van der Waals surface area contributed by atoms with Crippen molar-refractivity contribution in [3.05, 3.63) is 57.0 Å². The summed E-state index contributed by atoms with van der Waals surface area (Å²) in [5.74, 6) is 0.507. The summed E-state index contributed by atoms with van der Waals surface area (Å²) in [6.45, 7) is 1.91. The molecule has 1 fully saturated rings. The summed E-state index contributed by atoms with van der Waals surface area (Å²) in [5.41, 5.74) is 0.361. The third kappa shape index (κ3) is 4.35. The summed E-state index contributed by atoms with van der Waals surface area (Å²) in [4.78, 5) is 32.8. The fourth-order valence-corrected chi connectivity index (χ4v) is 3.38. The van der Waals surface area contributed by atoms with E-state index in [-0.39, 0.29) is 28.1 Å². The molecule has 1 N–H and O–H groups in total. The molecule has 2 heterocycles. The summed E-state index contributed by atoms with van der Waals surface area (Å²) in [7, 11) is 0. The van der Waals surface area contributed by atoms with E-state index in [4.69, 9.17) is 16.9 Å². The van der Waals surface area contributed by atoms with Crippen molar-refractivity contribution >= 4 is 29.0 Å². The fraction of sp³-hybridized carbons (Fsp3) is 0.333. The van der Waals surface area contributed by atoms with Crippen molar-refractivity contribution in [1.29, 1.82) is 5.26 Å². The Balaban J connectivity index is 1.54. The number of amides is 1. The molecule has 28 heavy (non-hydrogen) atoms. The summed E-state index contributed by atoms with van der Waals surface area (Å²) in [6.07, 6.45) is 4.72. The number of non-ortho nitro benzene ring substituents is 1. The first-order chi connectivity index (χ1) is 13.5. The van der Waals surface area contributed by atoms with Gasteiger partial charge in [0.15, 0.2) is 11.5 Å². The number of halogens is 1. The zero-order valence-corrected chi connectivity index (χ0v) is 15.6. The number of aromatic nitrogens is 2. The van der Waals surface area contributed by atoms with Gasteiger partial charge in [0.2, 0.25) is 0 Å². The van der Waals surface area contributed by atoms with Crippen LogP contribution in [-0.2, 0) is 0 Å². The Morgan fingerprint density at radius 2 is 2.07 bits per heavy atom. The Labute approximate surface area is 166 Å². The Morgan fingerprint density at radius 3 is 2.71 bits per heavy atom. The van der Waals surface area contributed by atoms with Gasteiger partial charge in [-0.3, -0.25) is 14.9 Å². The number of benzene rings is 1. The third-order valence-electron chi connectivity index (χ3n) is 4.66. The lowest BCUT2D eigenvalue weighted by molar-refractivity contribution is -0.384. The molecular formula is C18H17ClN6O3. The van der Waals surface area contributed by atoms with E-state index in [9.17, 15) is 14.9 Å². The lowest BCUT2D eigenvalue weighted by atomic mass is 9.96. The Bertz CT molecular complexity index is 937. The number of rotatable bonds is 5. The molecule has 1 aliphatic rings. The van der Waals surface area contributed by atoms with Gasteiger partial charge in [0, 0.05) is 44.2 Å². The van der Waals surface area contributed by atoms with Crippen LogP contribution in [0, 0.1) is 27.4 Å². The average molecular weight is 401 g/mol. The van der Waals surface area contributed by atoms with Crippen LogP contribution in [0.3, 0.4) is 0 Å². The number of nitrogens with one attached hydrogen (secondary N) is 1. The molecule has 1 aliphatic heterocycles. The molecule has 1 aromatic heterocycles. The number of hydrogen-bond donors (Lipinski definition) is 1. The molecule has 1 aromatic carbocycles. The molecule has 1 saturated heterocycles. The minimum atomic E-state index is -0.559. The molecule has 0 unspecified atom stereocenters. The van der Waals surface area contributed by atoms with E-state index in [1.807, 2.05) is 4.90 Å². The first-order valence-electron chi connectivity index (χ1n) is 8.67. The third-order valence-corrected chi connectivity index (χ3v) is 4.97. The highest BCUT2D eigenvalue weighted by Gasteiger charge is 2.23. The number of nitro groups is 1. The van der Waals surface area contributed by atoms with Gasteiger partial charge in [-0.25, -0.2) is 9.97 Å². The largest absolute Gasteiger partial charge is 0.354 e. The molecule has 0 atom stereocenters. The topological polar surface area (TPSA) is 125 Å². The number of nitriles is 1. The Hall–Kier alpha value is -3.25. The standard InChI is InChI=1S/C18H17ClN6O3/c19-15-9-13(25(27)28)1-2-14(15)18(26)23-11-12-3-7-24(8-4-12)17-16(10-20)21-5-6-22-17/h1-2,5-6,9,12H,3-4,7-8,11H2,(H,23,26). The molecule has 0 radical (unpaired) electrons. The van der Waals surface area contributed by atoms with Crippen LogP contribution in [0.25, 0.3) is 0 Å². The van der Waals surface area contributed by atoms with E-state index in [2.05, 4.69) is 21.4 Å². The number of anilines is 1. The van der Waals surface area contributed by atoms with E-state index in [0.717, 1.165) is 12.8 Å². The van der Waals surface area contributed by atoms with Gasteiger partial charge in [-0.15, -0.1) is 0 Å². The van der Waals surface area contributed by atoms with Gasteiger partial charge < -0.3 is 10.2 Å². The molecule has 0 spiro atoms. The predicted octanol–water partition coefficient (Wildman–Crippen LogP) is 2.56. The first kappa shape index (κ1) is 19.5. The number of hydrogen-bond acceptors (Lipinski definition) is 7. The van der Waals surface area contributed by atoms with Crippen LogP contribution in [0.2, 0.25) is 5.02 Å². The van der Waals surface area contributed by atoms with Crippen LogP contribution < -0.4 is 10.2 Å². The Kier molecular flexibility index (Phi) is 6.01. The zero-order valence-electron chi connectivity index (χ0n) is 14.8. The summed E-state index contributed by atoms with van der Waals surface area (Å²) in [6, 6.07) is 5.83. The lowest BCUT2D eigenvalue weighted by Crippen LogP contribution is -2.39. The van der Waals surface area contributed by atoms with Crippen molar-refractivity contribution < 1.29 is 9.72 Å². The molecule has 9 nitrogen and oxygen atoms in total. The van der Waals surface area contributed by atoms with Crippen LogP contribution in [-0.4, -0.2) is 40.4 Å². The molecule has 1 amide bonds. The maximum Gasteiger partial charge on any atom is 0.270 e. The molecule has 144 valence electrons. The summed E-state index contributed by atoms with van der Waals surface area (Å²) >= 11 is 5.99. The van der Waals surface area contributed by atoms with Gasteiger partial charge in [0.05, 0.1) is 15.5 Å². The second-order valence-electron chi connectivity index (χ2n) is 6.40. The van der Waals surface area contributed by atoms with Gasteiger partial charge in [-0.05, 0) is 24.8 Å². The van der Waals surface area contributed by atoms with Crippen molar-refractivity contribution in [1.82, 2.24) is 15.3 Å². The van der Waals surface area contributed by atoms with Crippen LogP contribution in [0.1, 0.15) is 28.9 Å². The monoisotopic (exact) mass is 400 g/mol. The van der Waals surface area contributed by atoms with E-state index in [1.54, 1.807) is 6.20 Å². The van der Waals surface area contributed by atoms with Gasteiger partial charge >= 0.3 is 0 Å². The van der Waals surface area contributed by atoms with Crippen LogP contribution in [0.4, 0.5) is 11.5 Å². The van der Waals surface area contributed by atoms with E-state index >= 15 is 0 Å². The van der Waals surface area contributed by atoms with Gasteiger partial charge in [0.25, 0.3) is 11.6 Å². The van der Waals surface area contributed by atoms with E-state index in [1.165, 1.54) is 24.4 Å². The second-order valence-corrected chi connectivity index (χ2v) is 6.81. The normalized spacial score (nSPS) is 14.4. The number of nitro benzene ring substituents is 1. The van der Waals surface area contributed by atoms with Crippen LogP contribution in [0.5, 0.6) is 0 Å². The average Bonchev–Trinajstić information content (AvgIpc) is 2.72. The summed E-state index contributed by atoms with van der Waals surface area (Å²) < 4.78 is 0. The van der Waals surface area contributed by atoms with Crippen LogP contribution in [0.15, 0.2) is 30.6 Å². The highest BCUT2D eigenvalue weighted by atomic mass is 35.5. The minimum absolute atomic E-state index is 0.0493. The number of carbonyl (C=O) groups excluding carboxylic acids is 1. The van der Waals surface area contributed by atoms with E-state index < -0.39 is 4.92 Å². The van der Waals surface area contributed by atoms with E-state index in [0.29, 0.717) is 31.1 Å². The van der Waals surface area contributed by atoms with Crippen molar-refractivity contribution in [3.8, 4) is 6.07 Å². The van der Waals surface area contributed by atoms with Gasteiger partial charge in [-0.2, -0.15) is 5.26 Å². The van der Waals surface area contributed by atoms with Crippen molar-refractivity contribution in [2.45, 2.75) is 12.8 Å². The maximum atomic E-state index is 12.3. The Morgan fingerprint density at radius 1 is 1.36 bits per heavy atom. The zero-order chi connectivity index (χ0) is 20.1. The predicted molar refractivity (Wildman–Crippen MR) is 102 cm³/mol. The molecule has 0 aliphatic carbocycles. The summed E-state index contributed by atoms with van der Waals surface area (Å²) in [5, 5.41) is 22.8. The molecular weight excluding hydrogens is 384 g/mol. The molecule has 10 heteroatoms.